The molecule has 19 heavy (non-hydrogen) atoms. The number of amides is 2. The second-order valence-corrected chi connectivity index (χ2v) is 6.05. The zero-order chi connectivity index (χ0) is 13.9. The van der Waals surface area contributed by atoms with Gasteiger partial charge in [0.2, 0.25) is 0 Å². The summed E-state index contributed by atoms with van der Waals surface area (Å²) in [5, 5.41) is 12.2. The molecule has 1 saturated heterocycles. The fraction of sp³-hybridized carbons (Fsp3) is 0.857. The van der Waals surface area contributed by atoms with Gasteiger partial charge in [-0.3, -0.25) is 0 Å². The quantitative estimate of drug-likeness (QED) is 0.806. The van der Waals surface area contributed by atoms with Crippen molar-refractivity contribution in [2.75, 3.05) is 13.1 Å². The molecule has 0 aromatic heterocycles. The van der Waals surface area contributed by atoms with E-state index in [9.17, 15) is 14.7 Å². The first-order valence-corrected chi connectivity index (χ1v) is 7.34. The first-order valence-electron chi connectivity index (χ1n) is 7.34. The number of piperidine rings is 1. The van der Waals surface area contributed by atoms with E-state index in [1.165, 1.54) is 0 Å². The van der Waals surface area contributed by atoms with Gasteiger partial charge in [-0.05, 0) is 31.6 Å². The number of hydrogen-bond donors (Lipinski definition) is 2. The minimum Gasteiger partial charge on any atom is -0.480 e. The van der Waals surface area contributed by atoms with Crippen LogP contribution in [0.2, 0.25) is 0 Å². The molecule has 0 bridgehead atoms. The Morgan fingerprint density at radius 2 is 1.74 bits per heavy atom. The van der Waals surface area contributed by atoms with E-state index >= 15 is 0 Å². The number of carbonyl (C=O) groups is 2. The van der Waals surface area contributed by atoms with Gasteiger partial charge in [0.15, 0.2) is 0 Å². The second-order valence-electron chi connectivity index (χ2n) is 6.05. The number of urea groups is 1. The van der Waals surface area contributed by atoms with E-state index in [1.54, 1.807) is 4.90 Å². The van der Waals surface area contributed by atoms with Gasteiger partial charge in [0.25, 0.3) is 0 Å². The van der Waals surface area contributed by atoms with Crippen molar-refractivity contribution in [3.05, 3.63) is 0 Å². The molecule has 1 heterocycles. The van der Waals surface area contributed by atoms with Crippen LogP contribution in [-0.2, 0) is 4.79 Å². The Bertz CT molecular complexity index is 343. The Hall–Kier alpha value is -1.26. The third-order valence-electron chi connectivity index (χ3n) is 4.53. The molecule has 5 heteroatoms. The first-order chi connectivity index (χ1) is 9.03. The van der Waals surface area contributed by atoms with Gasteiger partial charge < -0.3 is 15.3 Å². The molecule has 2 fully saturated rings. The van der Waals surface area contributed by atoms with Crippen molar-refractivity contribution < 1.29 is 14.7 Å². The normalized spacial score (nSPS) is 23.9. The summed E-state index contributed by atoms with van der Waals surface area (Å²) >= 11 is 0. The highest BCUT2D eigenvalue weighted by Crippen LogP contribution is 2.29. The minimum atomic E-state index is -1.03. The van der Waals surface area contributed by atoms with Gasteiger partial charge in [-0.15, -0.1) is 0 Å². The molecule has 0 radical (unpaired) electrons. The summed E-state index contributed by atoms with van der Waals surface area (Å²) in [6.07, 6.45) is 5.94. The van der Waals surface area contributed by atoms with Crippen LogP contribution in [-0.4, -0.2) is 40.6 Å². The third kappa shape index (κ3) is 3.19. The molecule has 0 atom stereocenters. The highest BCUT2D eigenvalue weighted by Gasteiger charge is 2.42. The summed E-state index contributed by atoms with van der Waals surface area (Å²) in [5.74, 6) is -0.224. The number of rotatable bonds is 2. The van der Waals surface area contributed by atoms with Gasteiger partial charge in [-0.25, -0.2) is 9.59 Å². The predicted molar refractivity (Wildman–Crippen MR) is 72.0 cm³/mol. The van der Waals surface area contributed by atoms with E-state index < -0.39 is 11.5 Å². The molecule has 1 aliphatic heterocycles. The van der Waals surface area contributed by atoms with Gasteiger partial charge >= 0.3 is 12.0 Å². The molecule has 2 N–H and O–H groups in total. The molecule has 2 aliphatic rings. The summed E-state index contributed by atoms with van der Waals surface area (Å²) in [7, 11) is 0. The Morgan fingerprint density at radius 3 is 2.26 bits per heavy atom. The molecular weight excluding hydrogens is 244 g/mol. The molecule has 1 aliphatic carbocycles. The molecule has 0 spiro atoms. The Morgan fingerprint density at radius 1 is 1.16 bits per heavy atom. The lowest BCUT2D eigenvalue weighted by molar-refractivity contribution is -0.146. The molecule has 0 aromatic rings. The van der Waals surface area contributed by atoms with Crippen molar-refractivity contribution >= 4 is 12.0 Å². The van der Waals surface area contributed by atoms with Crippen molar-refractivity contribution in [3.63, 3.8) is 0 Å². The van der Waals surface area contributed by atoms with Gasteiger partial charge in [-0.1, -0.05) is 26.2 Å². The predicted octanol–water partition coefficient (Wildman–Crippen LogP) is 2.22. The summed E-state index contributed by atoms with van der Waals surface area (Å²) in [4.78, 5) is 25.5. The van der Waals surface area contributed by atoms with Gasteiger partial charge in [0, 0.05) is 13.1 Å². The van der Waals surface area contributed by atoms with E-state index in [0.29, 0.717) is 18.8 Å². The summed E-state index contributed by atoms with van der Waals surface area (Å²) in [6, 6.07) is -0.198. The maximum Gasteiger partial charge on any atom is 0.329 e. The number of carboxylic acid groups (broad SMARTS) is 1. The zero-order valence-corrected chi connectivity index (χ0v) is 11.7. The van der Waals surface area contributed by atoms with Crippen molar-refractivity contribution in [1.82, 2.24) is 10.2 Å². The van der Waals surface area contributed by atoms with Crippen LogP contribution < -0.4 is 5.32 Å². The van der Waals surface area contributed by atoms with Crippen LogP contribution in [0.1, 0.15) is 51.9 Å². The number of carboxylic acids is 1. The number of hydrogen-bond acceptors (Lipinski definition) is 2. The number of carbonyl (C=O) groups excluding carboxylic acids is 1. The number of aliphatic carboxylic acids is 1. The second kappa shape index (κ2) is 5.80. The lowest BCUT2D eigenvalue weighted by atomic mass is 9.82. The lowest BCUT2D eigenvalue weighted by Gasteiger charge is -2.37. The van der Waals surface area contributed by atoms with Gasteiger partial charge in [-0.2, -0.15) is 0 Å². The Labute approximate surface area is 114 Å². The average Bonchev–Trinajstić information content (AvgIpc) is 2.40. The minimum absolute atomic E-state index is 0.198. The number of likely N-dealkylation sites (tertiary alicyclic amines) is 1. The SMILES string of the molecule is CC1CCN(C(=O)NC2(C(=O)O)CCCCC2)CC1. The smallest absolute Gasteiger partial charge is 0.329 e. The third-order valence-corrected chi connectivity index (χ3v) is 4.53. The van der Waals surface area contributed by atoms with E-state index in [-0.39, 0.29) is 6.03 Å². The lowest BCUT2D eigenvalue weighted by Crippen LogP contribution is -2.59. The fourth-order valence-corrected chi connectivity index (χ4v) is 3.04. The maximum absolute atomic E-state index is 12.2. The summed E-state index contributed by atoms with van der Waals surface area (Å²) in [6.45, 7) is 3.67. The van der Waals surface area contributed by atoms with Crippen LogP contribution in [0.5, 0.6) is 0 Å². The Kier molecular flexibility index (Phi) is 4.32. The average molecular weight is 268 g/mol. The van der Waals surface area contributed by atoms with Crippen LogP contribution in [0.25, 0.3) is 0 Å². The number of nitrogens with zero attached hydrogens (tertiary/aromatic N) is 1. The molecule has 2 amide bonds. The van der Waals surface area contributed by atoms with Crippen molar-refractivity contribution in [2.45, 2.75) is 57.4 Å². The maximum atomic E-state index is 12.2. The summed E-state index contributed by atoms with van der Waals surface area (Å²) in [5.41, 5.74) is -1.03. The van der Waals surface area contributed by atoms with E-state index in [1.807, 2.05) is 0 Å². The molecule has 1 saturated carbocycles. The molecular formula is C14H24N2O3. The zero-order valence-electron chi connectivity index (χ0n) is 11.7. The highest BCUT2D eigenvalue weighted by molar-refractivity contribution is 5.86. The number of nitrogens with one attached hydrogen (secondary N) is 1. The highest BCUT2D eigenvalue weighted by atomic mass is 16.4. The van der Waals surface area contributed by atoms with Crippen LogP contribution in [0.4, 0.5) is 4.79 Å². The molecule has 2 rings (SSSR count). The fourth-order valence-electron chi connectivity index (χ4n) is 3.04. The van der Waals surface area contributed by atoms with Crippen LogP contribution in [0.15, 0.2) is 0 Å². The molecule has 108 valence electrons. The van der Waals surface area contributed by atoms with Crippen LogP contribution in [0.3, 0.4) is 0 Å². The van der Waals surface area contributed by atoms with E-state index in [4.69, 9.17) is 0 Å². The standard InChI is InChI=1S/C14H24N2O3/c1-11-5-9-16(10-6-11)13(19)15-14(12(17)18)7-3-2-4-8-14/h11H,2-10H2,1H3,(H,15,19)(H,17,18). The van der Waals surface area contributed by atoms with Gasteiger partial charge in [0.1, 0.15) is 5.54 Å². The van der Waals surface area contributed by atoms with Crippen LogP contribution >= 0.6 is 0 Å². The molecule has 5 nitrogen and oxygen atoms in total. The first kappa shape index (κ1) is 14.2. The van der Waals surface area contributed by atoms with E-state index in [0.717, 1.165) is 45.2 Å². The van der Waals surface area contributed by atoms with Crippen LogP contribution in [0, 0.1) is 5.92 Å². The van der Waals surface area contributed by atoms with Crippen molar-refractivity contribution in [3.8, 4) is 0 Å². The largest absolute Gasteiger partial charge is 0.480 e. The molecule has 0 unspecified atom stereocenters. The topological polar surface area (TPSA) is 69.6 Å². The molecule has 0 aromatic carbocycles. The summed E-state index contributed by atoms with van der Waals surface area (Å²) < 4.78 is 0. The van der Waals surface area contributed by atoms with E-state index in [2.05, 4.69) is 12.2 Å². The van der Waals surface area contributed by atoms with Gasteiger partial charge in [0.05, 0.1) is 0 Å². The Balaban J connectivity index is 1.97. The van der Waals surface area contributed by atoms with Crippen molar-refractivity contribution in [1.29, 1.82) is 0 Å². The van der Waals surface area contributed by atoms with Crippen molar-refractivity contribution in [2.24, 2.45) is 5.92 Å². The monoisotopic (exact) mass is 268 g/mol.